The number of carbonyl (C=O) groups is 1. The highest BCUT2D eigenvalue weighted by Gasteiger charge is 2.27. The van der Waals surface area contributed by atoms with Crippen molar-refractivity contribution in [1.82, 2.24) is 14.8 Å². The number of alkyl halides is 1. The summed E-state index contributed by atoms with van der Waals surface area (Å²) in [7, 11) is 1.68. The van der Waals surface area contributed by atoms with Crippen LogP contribution < -0.4 is 21.7 Å². The first-order valence-electron chi connectivity index (χ1n) is 9.93. The molecule has 1 aromatic carbocycles. The highest BCUT2D eigenvalue weighted by atomic mass is 32.1. The Labute approximate surface area is 186 Å². The van der Waals surface area contributed by atoms with Crippen molar-refractivity contribution in [3.8, 4) is 10.6 Å². The van der Waals surface area contributed by atoms with Gasteiger partial charge in [0.25, 0.3) is 5.91 Å². The third-order valence-corrected chi connectivity index (χ3v) is 6.15. The van der Waals surface area contributed by atoms with Gasteiger partial charge in [-0.3, -0.25) is 9.48 Å². The number of hydrogen-bond donors (Lipinski definition) is 3. The van der Waals surface area contributed by atoms with Gasteiger partial charge in [0.15, 0.2) is 11.5 Å². The minimum absolute atomic E-state index is 0.00941. The van der Waals surface area contributed by atoms with Crippen molar-refractivity contribution in [3.63, 3.8) is 0 Å². The average Bonchev–Trinajstić information content (AvgIpc) is 3.22. The molecule has 1 aliphatic heterocycles. The standard InChI is InChI=1S/C20H22F3N7OS/c1-29-20(30-6-5-11(24)7-10(21)9-30)14(8-26-29)27-18(31)16-17(25)32-19(28-16)15-12(22)3-2-4-13(15)23/h2-4,8,10-11H,5-7,9,24-25H2,1H3,(H,27,31)/t10-,11+/m0/s1. The molecule has 170 valence electrons. The van der Waals surface area contributed by atoms with E-state index in [-0.39, 0.29) is 40.3 Å². The molecule has 8 nitrogen and oxygen atoms in total. The number of nitrogens with two attached hydrogens (primary N) is 2. The number of carbonyl (C=O) groups excluding carboxylic acids is 1. The number of nitrogens with zero attached hydrogens (tertiary/aromatic N) is 4. The molecular weight excluding hydrogens is 443 g/mol. The first kappa shape index (κ1) is 22.1. The summed E-state index contributed by atoms with van der Waals surface area (Å²) < 4.78 is 44.0. The van der Waals surface area contributed by atoms with Crippen molar-refractivity contribution >= 4 is 33.8 Å². The van der Waals surface area contributed by atoms with E-state index >= 15 is 0 Å². The van der Waals surface area contributed by atoms with Crippen molar-refractivity contribution in [2.24, 2.45) is 12.8 Å². The Hall–Kier alpha value is -3.12. The van der Waals surface area contributed by atoms with E-state index in [1.807, 2.05) is 0 Å². The molecule has 3 aromatic rings. The van der Waals surface area contributed by atoms with Gasteiger partial charge in [-0.1, -0.05) is 17.4 Å². The third kappa shape index (κ3) is 4.28. The van der Waals surface area contributed by atoms with E-state index in [4.69, 9.17) is 11.5 Å². The van der Waals surface area contributed by atoms with E-state index in [9.17, 15) is 18.0 Å². The van der Waals surface area contributed by atoms with Gasteiger partial charge in [0.1, 0.15) is 33.5 Å². The molecule has 0 unspecified atom stereocenters. The molecule has 3 heterocycles. The lowest BCUT2D eigenvalue weighted by Gasteiger charge is -2.24. The third-order valence-electron chi connectivity index (χ3n) is 5.25. The first-order chi connectivity index (χ1) is 15.2. The number of benzene rings is 1. The number of thiazole rings is 1. The highest BCUT2D eigenvalue weighted by molar-refractivity contribution is 7.19. The number of anilines is 3. The second kappa shape index (κ2) is 8.79. The van der Waals surface area contributed by atoms with E-state index < -0.39 is 23.7 Å². The molecule has 0 bridgehead atoms. The van der Waals surface area contributed by atoms with Gasteiger partial charge in [0, 0.05) is 19.6 Å². The number of aryl methyl sites for hydroxylation is 1. The summed E-state index contributed by atoms with van der Waals surface area (Å²) in [6.45, 7) is 0.616. The number of amides is 1. The van der Waals surface area contributed by atoms with Crippen LogP contribution in [0.25, 0.3) is 10.6 Å². The van der Waals surface area contributed by atoms with Crippen LogP contribution in [-0.2, 0) is 7.05 Å². The van der Waals surface area contributed by atoms with Gasteiger partial charge in [-0.2, -0.15) is 5.10 Å². The zero-order chi connectivity index (χ0) is 23.0. The number of nitrogens with one attached hydrogen (secondary N) is 1. The lowest BCUT2D eigenvalue weighted by molar-refractivity contribution is 0.102. The number of hydrogen-bond acceptors (Lipinski definition) is 7. The molecule has 0 saturated carbocycles. The summed E-state index contributed by atoms with van der Waals surface area (Å²) in [5.41, 5.74) is 11.7. The molecule has 2 aromatic heterocycles. The summed E-state index contributed by atoms with van der Waals surface area (Å²) in [5, 5.41) is 6.82. The summed E-state index contributed by atoms with van der Waals surface area (Å²) in [4.78, 5) is 18.7. The fourth-order valence-electron chi connectivity index (χ4n) is 3.74. The normalized spacial score (nSPS) is 19.1. The van der Waals surface area contributed by atoms with Crippen LogP contribution in [0.5, 0.6) is 0 Å². The minimum Gasteiger partial charge on any atom is -0.389 e. The molecule has 12 heteroatoms. The Bertz CT molecular complexity index is 1130. The maximum atomic E-state index is 14.3. The number of aromatic nitrogens is 3. The van der Waals surface area contributed by atoms with Crippen molar-refractivity contribution in [2.45, 2.75) is 25.1 Å². The minimum atomic E-state index is -1.11. The molecule has 0 radical (unpaired) electrons. The monoisotopic (exact) mass is 465 g/mol. The Kier molecular flexibility index (Phi) is 6.07. The Balaban J connectivity index is 1.60. The average molecular weight is 466 g/mol. The quantitative estimate of drug-likeness (QED) is 0.546. The largest absolute Gasteiger partial charge is 0.389 e. The van der Waals surface area contributed by atoms with Crippen molar-refractivity contribution in [3.05, 3.63) is 41.7 Å². The van der Waals surface area contributed by atoms with Gasteiger partial charge in [-0.05, 0) is 25.0 Å². The van der Waals surface area contributed by atoms with E-state index in [1.165, 1.54) is 16.9 Å². The van der Waals surface area contributed by atoms with Crippen LogP contribution >= 0.6 is 11.3 Å². The summed E-state index contributed by atoms with van der Waals surface area (Å²) >= 11 is 0.807. The summed E-state index contributed by atoms with van der Waals surface area (Å²) in [5.74, 6) is -1.76. The van der Waals surface area contributed by atoms with Crippen molar-refractivity contribution in [2.75, 3.05) is 29.0 Å². The predicted molar refractivity (Wildman–Crippen MR) is 117 cm³/mol. The molecule has 4 rings (SSSR count). The van der Waals surface area contributed by atoms with Gasteiger partial charge >= 0.3 is 0 Å². The number of nitrogen functional groups attached to an aromatic ring is 1. The second-order valence-electron chi connectivity index (χ2n) is 7.62. The SMILES string of the molecule is Cn1ncc(NC(=O)c2nc(-c3c(F)cccc3F)sc2N)c1N1CC[C@@H](N)C[C@H](F)C1. The van der Waals surface area contributed by atoms with Crippen LogP contribution in [-0.4, -0.2) is 46.0 Å². The fourth-order valence-corrected chi connectivity index (χ4v) is 4.62. The van der Waals surface area contributed by atoms with Crippen LogP contribution in [0.2, 0.25) is 0 Å². The molecule has 1 amide bonds. The fraction of sp³-hybridized carbons (Fsp3) is 0.350. The highest BCUT2D eigenvalue weighted by Crippen LogP contribution is 2.34. The zero-order valence-corrected chi connectivity index (χ0v) is 18.0. The van der Waals surface area contributed by atoms with Gasteiger partial charge in [0.05, 0.1) is 18.3 Å². The van der Waals surface area contributed by atoms with Gasteiger partial charge in [0.2, 0.25) is 0 Å². The zero-order valence-electron chi connectivity index (χ0n) is 17.2. The molecule has 5 N–H and O–H groups in total. The van der Waals surface area contributed by atoms with Crippen LogP contribution in [0, 0.1) is 11.6 Å². The topological polar surface area (TPSA) is 115 Å². The van der Waals surface area contributed by atoms with E-state index in [0.29, 0.717) is 24.5 Å². The van der Waals surface area contributed by atoms with Crippen LogP contribution in [0.1, 0.15) is 23.3 Å². The van der Waals surface area contributed by atoms with Crippen molar-refractivity contribution in [1.29, 1.82) is 0 Å². The lowest BCUT2D eigenvalue weighted by atomic mass is 10.1. The lowest BCUT2D eigenvalue weighted by Crippen LogP contribution is -2.31. The molecule has 0 aliphatic carbocycles. The second-order valence-corrected chi connectivity index (χ2v) is 8.65. The van der Waals surface area contributed by atoms with Crippen LogP contribution in [0.3, 0.4) is 0 Å². The van der Waals surface area contributed by atoms with Crippen LogP contribution in [0.4, 0.5) is 29.7 Å². The maximum absolute atomic E-state index is 14.3. The molecule has 1 aliphatic rings. The smallest absolute Gasteiger partial charge is 0.277 e. The van der Waals surface area contributed by atoms with Gasteiger partial charge in [-0.15, -0.1) is 0 Å². The van der Waals surface area contributed by atoms with E-state index in [1.54, 1.807) is 11.9 Å². The number of rotatable bonds is 4. The Morgan fingerprint density at radius 1 is 1.31 bits per heavy atom. The summed E-state index contributed by atoms with van der Waals surface area (Å²) in [6.07, 6.45) is 1.18. The molecule has 2 atom stereocenters. The summed E-state index contributed by atoms with van der Waals surface area (Å²) in [6, 6.07) is 3.19. The Morgan fingerprint density at radius 2 is 2.03 bits per heavy atom. The molecule has 0 spiro atoms. The Morgan fingerprint density at radius 3 is 2.75 bits per heavy atom. The maximum Gasteiger partial charge on any atom is 0.277 e. The predicted octanol–water partition coefficient (Wildman–Crippen LogP) is 2.92. The molecule has 1 fully saturated rings. The molecular formula is C20H22F3N7OS. The molecule has 1 saturated heterocycles. The van der Waals surface area contributed by atoms with Gasteiger partial charge in [-0.25, -0.2) is 18.2 Å². The van der Waals surface area contributed by atoms with E-state index in [2.05, 4.69) is 15.4 Å². The number of halogens is 3. The van der Waals surface area contributed by atoms with Gasteiger partial charge < -0.3 is 21.7 Å². The molecule has 32 heavy (non-hydrogen) atoms. The van der Waals surface area contributed by atoms with Crippen molar-refractivity contribution < 1.29 is 18.0 Å². The van der Waals surface area contributed by atoms with Crippen LogP contribution in [0.15, 0.2) is 24.4 Å². The van der Waals surface area contributed by atoms with E-state index in [0.717, 1.165) is 23.5 Å². The first-order valence-corrected chi connectivity index (χ1v) is 10.7.